The highest BCUT2D eigenvalue weighted by Crippen LogP contribution is 2.47. The molecule has 14 nitrogen and oxygen atoms in total. The Labute approximate surface area is 270 Å². The summed E-state index contributed by atoms with van der Waals surface area (Å²) in [7, 11) is 0. The number of carbonyl (C=O) groups excluding carboxylic acids is 2. The highest BCUT2D eigenvalue weighted by molar-refractivity contribution is 6.39. The summed E-state index contributed by atoms with van der Waals surface area (Å²) in [6.07, 6.45) is -7.81. The standard InChI is InChI=1S/C34H30N4O10/c39-12-15-3-1-2-14(8-15)11-35-38-32(46)25-23-18-6-4-16(41)9-20(18)36-27(23)28-24(26(25)33(38)47)19-7-5-17(42)10-21(19)37(28)34-31(45)30(44)29(43)22(13-40)48-34/h1-10,22,29-31,34-36,39-45H,11-13H2/t22-,29-,30+,31-,34-/m1/s1. The predicted octanol–water partition coefficient (Wildman–Crippen LogP) is 1.61. The lowest BCUT2D eigenvalue weighted by molar-refractivity contribution is -0.249. The van der Waals surface area contributed by atoms with Crippen LogP contribution in [0.2, 0.25) is 0 Å². The minimum atomic E-state index is -1.73. The number of nitrogens with one attached hydrogen (secondary N) is 2. The van der Waals surface area contributed by atoms with Gasteiger partial charge in [-0.1, -0.05) is 24.3 Å². The van der Waals surface area contributed by atoms with Crippen molar-refractivity contribution in [2.75, 3.05) is 6.61 Å². The number of H-pyrrole nitrogens is 1. The van der Waals surface area contributed by atoms with Crippen LogP contribution >= 0.6 is 0 Å². The van der Waals surface area contributed by atoms with Crippen molar-refractivity contribution >= 4 is 55.4 Å². The third-order valence-electron chi connectivity index (χ3n) is 9.33. The maximum Gasteiger partial charge on any atom is 0.276 e. The summed E-state index contributed by atoms with van der Waals surface area (Å²) in [5, 5.41) is 75.5. The molecule has 1 saturated heterocycles. The summed E-state index contributed by atoms with van der Waals surface area (Å²) in [5.41, 5.74) is 5.71. The van der Waals surface area contributed by atoms with E-state index < -0.39 is 49.1 Å². The molecule has 2 aliphatic rings. The van der Waals surface area contributed by atoms with Gasteiger partial charge in [-0.25, -0.2) is 10.4 Å². The topological polar surface area (TPSA) is 221 Å². The van der Waals surface area contributed by atoms with Gasteiger partial charge in [0.1, 0.15) is 35.9 Å². The average molecular weight is 655 g/mol. The van der Waals surface area contributed by atoms with Gasteiger partial charge in [0.2, 0.25) is 0 Å². The van der Waals surface area contributed by atoms with Gasteiger partial charge in [-0.3, -0.25) is 9.59 Å². The highest BCUT2D eigenvalue weighted by Gasteiger charge is 2.47. The van der Waals surface area contributed by atoms with E-state index in [9.17, 15) is 45.3 Å². The molecule has 246 valence electrons. The van der Waals surface area contributed by atoms with Crippen LogP contribution in [-0.2, 0) is 17.9 Å². The lowest BCUT2D eigenvalue weighted by Gasteiger charge is -2.41. The number of hydrogen-bond acceptors (Lipinski definition) is 11. The number of aromatic hydroxyl groups is 2. The molecule has 1 fully saturated rings. The summed E-state index contributed by atoms with van der Waals surface area (Å²) < 4.78 is 7.46. The molecule has 2 aliphatic heterocycles. The molecule has 5 atom stereocenters. The van der Waals surface area contributed by atoms with Crippen molar-refractivity contribution in [1.82, 2.24) is 20.0 Å². The van der Waals surface area contributed by atoms with E-state index in [-0.39, 0.29) is 52.2 Å². The van der Waals surface area contributed by atoms with E-state index in [1.807, 2.05) is 0 Å². The Morgan fingerprint density at radius 2 is 1.48 bits per heavy atom. The molecular formula is C34H30N4O10. The zero-order valence-electron chi connectivity index (χ0n) is 25.0. The van der Waals surface area contributed by atoms with E-state index in [2.05, 4.69) is 10.4 Å². The Morgan fingerprint density at radius 1 is 0.792 bits per heavy atom. The van der Waals surface area contributed by atoms with Gasteiger partial charge in [-0.15, -0.1) is 0 Å². The molecule has 9 N–H and O–H groups in total. The molecule has 6 aromatic rings. The number of aromatic amines is 1. The molecule has 14 heteroatoms. The van der Waals surface area contributed by atoms with Crippen LogP contribution in [0, 0.1) is 0 Å². The number of aliphatic hydroxyl groups excluding tert-OH is 5. The zero-order chi connectivity index (χ0) is 33.6. The molecule has 0 aliphatic carbocycles. The first-order valence-corrected chi connectivity index (χ1v) is 15.2. The van der Waals surface area contributed by atoms with Gasteiger partial charge in [-0.2, -0.15) is 0 Å². The summed E-state index contributed by atoms with van der Waals surface area (Å²) in [6.45, 7) is -0.788. The molecule has 0 radical (unpaired) electrons. The molecule has 2 amide bonds. The molecule has 48 heavy (non-hydrogen) atoms. The number of aliphatic hydroxyl groups is 5. The molecule has 4 heterocycles. The fraction of sp³-hybridized carbons (Fsp3) is 0.235. The van der Waals surface area contributed by atoms with Gasteiger partial charge in [-0.05, 0) is 35.4 Å². The first kappa shape index (κ1) is 30.3. The first-order chi connectivity index (χ1) is 23.1. The monoisotopic (exact) mass is 654 g/mol. The van der Waals surface area contributed by atoms with Crippen LogP contribution in [-0.4, -0.2) is 93.1 Å². The van der Waals surface area contributed by atoms with Crippen molar-refractivity contribution in [3.05, 3.63) is 82.9 Å². The second-order valence-corrected chi connectivity index (χ2v) is 12.1. The van der Waals surface area contributed by atoms with Crippen molar-refractivity contribution in [2.24, 2.45) is 0 Å². The summed E-state index contributed by atoms with van der Waals surface area (Å²) >= 11 is 0. The summed E-state index contributed by atoms with van der Waals surface area (Å²) in [5.74, 6) is -1.53. The van der Waals surface area contributed by atoms with Crippen LogP contribution in [0.1, 0.15) is 38.1 Å². The Balaban J connectivity index is 1.43. The smallest absolute Gasteiger partial charge is 0.276 e. The van der Waals surface area contributed by atoms with E-state index in [0.717, 1.165) is 5.01 Å². The number of phenols is 2. The van der Waals surface area contributed by atoms with Gasteiger partial charge < -0.3 is 50.0 Å². The quantitative estimate of drug-likeness (QED) is 0.117. The SMILES string of the molecule is O=C1c2c(c3c4ccc(O)cc4n([C@@H]4O[C@H](CO)[C@@H](O)[C@H](O)[C@H]4O)c3c3[nH]c4cc(O)ccc4c23)C(=O)N1NCc1cccc(CO)c1. The van der Waals surface area contributed by atoms with E-state index in [0.29, 0.717) is 38.3 Å². The summed E-state index contributed by atoms with van der Waals surface area (Å²) in [4.78, 5) is 31.9. The number of benzene rings is 4. The van der Waals surface area contributed by atoms with Crippen molar-refractivity contribution in [3.8, 4) is 11.5 Å². The number of ether oxygens (including phenoxy) is 1. The Bertz CT molecular complexity index is 2310. The third-order valence-corrected chi connectivity index (χ3v) is 9.33. The van der Waals surface area contributed by atoms with Crippen LogP contribution < -0.4 is 5.43 Å². The number of aromatic nitrogens is 2. The van der Waals surface area contributed by atoms with Crippen LogP contribution in [0.5, 0.6) is 11.5 Å². The van der Waals surface area contributed by atoms with E-state index in [1.54, 1.807) is 36.4 Å². The van der Waals surface area contributed by atoms with Crippen molar-refractivity contribution in [2.45, 2.75) is 43.8 Å². The minimum absolute atomic E-state index is 0.0344. The van der Waals surface area contributed by atoms with Crippen molar-refractivity contribution in [1.29, 1.82) is 0 Å². The minimum Gasteiger partial charge on any atom is -0.508 e. The number of hydrazine groups is 1. The first-order valence-electron chi connectivity index (χ1n) is 15.2. The van der Waals surface area contributed by atoms with Gasteiger partial charge in [0.25, 0.3) is 11.8 Å². The third kappa shape index (κ3) is 4.25. The number of amides is 2. The highest BCUT2D eigenvalue weighted by atomic mass is 16.6. The maximum absolute atomic E-state index is 14.4. The van der Waals surface area contributed by atoms with Crippen molar-refractivity contribution in [3.63, 3.8) is 0 Å². The number of imide groups is 1. The second kappa shape index (κ2) is 11.0. The van der Waals surface area contributed by atoms with Gasteiger partial charge >= 0.3 is 0 Å². The van der Waals surface area contributed by atoms with Crippen LogP contribution in [0.15, 0.2) is 60.7 Å². The van der Waals surface area contributed by atoms with Crippen LogP contribution in [0.4, 0.5) is 0 Å². The van der Waals surface area contributed by atoms with Crippen molar-refractivity contribution < 1.29 is 50.1 Å². The largest absolute Gasteiger partial charge is 0.508 e. The molecule has 0 saturated carbocycles. The summed E-state index contributed by atoms with van der Waals surface area (Å²) in [6, 6.07) is 15.9. The lowest BCUT2D eigenvalue weighted by atomic mass is 9.96. The fourth-order valence-corrected chi connectivity index (χ4v) is 7.13. The number of carbonyl (C=O) groups is 2. The Morgan fingerprint density at radius 3 is 2.21 bits per heavy atom. The molecule has 0 spiro atoms. The predicted molar refractivity (Wildman–Crippen MR) is 171 cm³/mol. The van der Waals surface area contributed by atoms with Gasteiger partial charge in [0.15, 0.2) is 6.23 Å². The maximum atomic E-state index is 14.4. The second-order valence-electron chi connectivity index (χ2n) is 12.1. The van der Waals surface area contributed by atoms with Gasteiger partial charge in [0, 0.05) is 40.2 Å². The van der Waals surface area contributed by atoms with E-state index in [4.69, 9.17) is 4.74 Å². The molecule has 0 bridgehead atoms. The number of phenolic OH excluding ortho intramolecular Hbond substituents is 2. The number of hydrogen-bond donors (Lipinski definition) is 9. The van der Waals surface area contributed by atoms with Crippen LogP contribution in [0.3, 0.4) is 0 Å². The zero-order valence-corrected chi connectivity index (χ0v) is 25.0. The molecule has 0 unspecified atom stereocenters. The lowest BCUT2D eigenvalue weighted by Crippen LogP contribution is -2.56. The Kier molecular flexibility index (Phi) is 6.94. The number of fused-ring (bicyclic) bond motifs is 10. The van der Waals surface area contributed by atoms with Gasteiger partial charge in [0.05, 0.1) is 46.4 Å². The number of rotatable bonds is 6. The molecular weight excluding hydrogens is 624 g/mol. The molecule has 4 aromatic carbocycles. The van der Waals surface area contributed by atoms with E-state index >= 15 is 0 Å². The average Bonchev–Trinajstić information content (AvgIpc) is 3.69. The Hall–Kier alpha value is -5.06. The normalized spacial score (nSPS) is 22.9. The molecule has 2 aromatic heterocycles. The fourth-order valence-electron chi connectivity index (χ4n) is 7.13. The van der Waals surface area contributed by atoms with Crippen LogP contribution in [0.25, 0.3) is 43.6 Å². The van der Waals surface area contributed by atoms with E-state index in [1.165, 1.54) is 28.8 Å². The molecule has 8 rings (SSSR count). The number of nitrogens with zero attached hydrogens (tertiary/aromatic N) is 2.